The first-order valence-corrected chi connectivity index (χ1v) is 20.9. The topological polar surface area (TPSA) is 251 Å². The Kier molecular flexibility index (Phi) is 28.5. The van der Waals surface area contributed by atoms with E-state index < -0.39 is 47.7 Å². The largest absolute Gasteiger partial charge is 0.444 e. The number of amides is 5. The number of ether oxygens (including phenoxy) is 1. The Hall–Kier alpha value is -3.66. The second-order valence-corrected chi connectivity index (χ2v) is 16.6. The molecule has 0 spiro atoms. The zero-order valence-electron chi connectivity index (χ0n) is 35.9. The first-order valence-electron chi connectivity index (χ1n) is 20.9. The van der Waals surface area contributed by atoms with Crippen molar-refractivity contribution in [1.29, 1.82) is 0 Å². The van der Waals surface area contributed by atoms with Crippen LogP contribution < -0.4 is 43.4 Å². The van der Waals surface area contributed by atoms with Gasteiger partial charge in [0.25, 0.3) is 5.91 Å². The van der Waals surface area contributed by atoms with Gasteiger partial charge in [0.05, 0.1) is 6.04 Å². The summed E-state index contributed by atoms with van der Waals surface area (Å²) in [4.78, 5) is 67.3. The van der Waals surface area contributed by atoms with Crippen molar-refractivity contribution in [3.63, 3.8) is 0 Å². The number of carbonyl (C=O) groups is 5. The monoisotopic (exact) mass is 798 g/mol. The van der Waals surface area contributed by atoms with Gasteiger partial charge in [-0.2, -0.15) is 0 Å². The number of alkyl carbamates (subject to hydrolysis) is 1. The number of nitrogens with zero attached hydrogens (tertiary/aromatic N) is 1. The summed E-state index contributed by atoms with van der Waals surface area (Å²) in [5.41, 5.74) is 9.92. The highest BCUT2D eigenvalue weighted by atomic mass is 16.6. The molecule has 0 aliphatic rings. The summed E-state index contributed by atoms with van der Waals surface area (Å²) in [6.07, 6.45) is 9.67. The van der Waals surface area contributed by atoms with Gasteiger partial charge in [-0.15, -0.1) is 0 Å². The van der Waals surface area contributed by atoms with E-state index >= 15 is 0 Å². The van der Waals surface area contributed by atoms with E-state index in [-0.39, 0.29) is 29.6 Å². The smallest absolute Gasteiger partial charge is 0.408 e. The lowest BCUT2D eigenvalue weighted by molar-refractivity contribution is -0.132. The van der Waals surface area contributed by atoms with Crippen LogP contribution in [0.4, 0.5) is 4.79 Å². The Morgan fingerprint density at radius 3 is 1.70 bits per heavy atom. The molecule has 0 radical (unpaired) electrons. The Morgan fingerprint density at radius 1 is 0.625 bits per heavy atom. The molecule has 56 heavy (non-hydrogen) atoms. The highest BCUT2D eigenvalue weighted by Gasteiger charge is 2.29. The van der Waals surface area contributed by atoms with Gasteiger partial charge >= 0.3 is 6.09 Å². The molecule has 4 atom stereocenters. The van der Waals surface area contributed by atoms with Crippen LogP contribution in [0, 0.1) is 11.8 Å². The van der Waals surface area contributed by atoms with Crippen LogP contribution in [0.15, 0.2) is 4.99 Å². The lowest BCUT2D eigenvalue weighted by Crippen LogP contribution is -2.55. The first-order chi connectivity index (χ1) is 26.3. The molecule has 0 fully saturated rings. The third-order valence-corrected chi connectivity index (χ3v) is 8.70. The summed E-state index contributed by atoms with van der Waals surface area (Å²) < 4.78 is 5.34. The Bertz CT molecular complexity index is 1160. The SMILES string of the molecule is CC(C)C[C@H](NC(=O)OC(C)(C)C)C(=O)N[C@@H](CC(C)C)C(=O)NCCCNCCCCNC(=O)[C@@H](O)C(C)NC(=O)CCCCCCCCCCN=C(N)N. The van der Waals surface area contributed by atoms with Gasteiger partial charge in [0, 0.05) is 26.1 Å². The molecule has 16 nitrogen and oxygen atoms in total. The summed E-state index contributed by atoms with van der Waals surface area (Å²) in [5.74, 6) is -0.966. The molecule has 0 aliphatic heterocycles. The molecule has 0 aromatic carbocycles. The quantitative estimate of drug-likeness (QED) is 0.0282. The minimum Gasteiger partial charge on any atom is -0.444 e. The Morgan fingerprint density at radius 2 is 1.12 bits per heavy atom. The first kappa shape index (κ1) is 52.3. The lowest BCUT2D eigenvalue weighted by Gasteiger charge is -2.26. The molecule has 5 amide bonds. The zero-order valence-corrected chi connectivity index (χ0v) is 35.9. The number of hydrogen-bond acceptors (Lipinski definition) is 9. The van der Waals surface area contributed by atoms with Gasteiger partial charge in [-0.3, -0.25) is 24.2 Å². The van der Waals surface area contributed by atoms with Crippen molar-refractivity contribution in [2.45, 2.75) is 175 Å². The van der Waals surface area contributed by atoms with E-state index in [2.05, 4.69) is 36.9 Å². The molecule has 326 valence electrons. The van der Waals surface area contributed by atoms with Gasteiger partial charge in [-0.25, -0.2) is 4.79 Å². The van der Waals surface area contributed by atoms with Crippen molar-refractivity contribution >= 4 is 35.7 Å². The summed E-state index contributed by atoms with van der Waals surface area (Å²) in [5, 5.41) is 27.6. The number of aliphatic imine (C=N–C) groups is 1. The molecule has 0 aromatic rings. The number of unbranched alkanes of at least 4 members (excludes halogenated alkanes) is 8. The maximum atomic E-state index is 13.2. The van der Waals surface area contributed by atoms with Crippen LogP contribution in [0.1, 0.15) is 145 Å². The van der Waals surface area contributed by atoms with Crippen molar-refractivity contribution < 1.29 is 33.8 Å². The third-order valence-electron chi connectivity index (χ3n) is 8.70. The molecule has 0 saturated heterocycles. The molecule has 0 aliphatic carbocycles. The maximum absolute atomic E-state index is 13.2. The van der Waals surface area contributed by atoms with E-state index in [1.807, 2.05) is 27.7 Å². The molecule has 1 unspecified atom stereocenters. The van der Waals surface area contributed by atoms with Gasteiger partial charge in [0.1, 0.15) is 17.7 Å². The molecule has 0 aromatic heterocycles. The van der Waals surface area contributed by atoms with Gasteiger partial charge < -0.3 is 53.2 Å². The minimum atomic E-state index is -1.33. The van der Waals surface area contributed by atoms with Crippen molar-refractivity contribution in [3.8, 4) is 0 Å². The third kappa shape index (κ3) is 29.6. The summed E-state index contributed by atoms with van der Waals surface area (Å²) >= 11 is 0. The van der Waals surface area contributed by atoms with E-state index in [4.69, 9.17) is 16.2 Å². The van der Waals surface area contributed by atoms with Crippen LogP contribution in [0.3, 0.4) is 0 Å². The van der Waals surface area contributed by atoms with E-state index in [1.54, 1.807) is 27.7 Å². The highest BCUT2D eigenvalue weighted by molar-refractivity contribution is 5.91. The second-order valence-electron chi connectivity index (χ2n) is 16.6. The fourth-order valence-electron chi connectivity index (χ4n) is 5.79. The van der Waals surface area contributed by atoms with Crippen molar-refractivity contribution in [1.82, 2.24) is 31.9 Å². The predicted molar refractivity (Wildman–Crippen MR) is 223 cm³/mol. The average molecular weight is 798 g/mol. The molecule has 0 saturated carbocycles. The Labute approximate surface area is 337 Å². The van der Waals surface area contributed by atoms with Gasteiger partial charge in [-0.1, -0.05) is 66.2 Å². The lowest BCUT2D eigenvalue weighted by atomic mass is 10.00. The minimum absolute atomic E-state index is 0.124. The van der Waals surface area contributed by atoms with E-state index in [0.29, 0.717) is 64.8 Å². The van der Waals surface area contributed by atoms with Crippen LogP contribution in [-0.2, 0) is 23.9 Å². The van der Waals surface area contributed by atoms with E-state index in [9.17, 15) is 29.1 Å². The number of nitrogens with two attached hydrogens (primary N) is 2. The predicted octanol–water partition coefficient (Wildman–Crippen LogP) is 3.10. The number of hydrogen-bond donors (Lipinski definition) is 9. The van der Waals surface area contributed by atoms with Crippen LogP contribution in [-0.4, -0.2) is 103 Å². The summed E-state index contributed by atoms with van der Waals surface area (Å²) in [7, 11) is 0. The van der Waals surface area contributed by atoms with Crippen molar-refractivity contribution in [3.05, 3.63) is 0 Å². The van der Waals surface area contributed by atoms with Gasteiger partial charge in [0.15, 0.2) is 12.1 Å². The molecule has 0 heterocycles. The summed E-state index contributed by atoms with van der Waals surface area (Å²) in [6.45, 7) is 17.6. The fraction of sp³-hybridized carbons (Fsp3) is 0.850. The van der Waals surface area contributed by atoms with Crippen LogP contribution in [0.25, 0.3) is 0 Å². The number of carbonyl (C=O) groups excluding carboxylic acids is 5. The van der Waals surface area contributed by atoms with Gasteiger partial charge in [0.2, 0.25) is 17.7 Å². The van der Waals surface area contributed by atoms with Gasteiger partial charge in [-0.05, 0) is 97.6 Å². The highest BCUT2D eigenvalue weighted by Crippen LogP contribution is 2.12. The van der Waals surface area contributed by atoms with Crippen LogP contribution in [0.2, 0.25) is 0 Å². The number of rotatable bonds is 31. The molecule has 16 heteroatoms. The normalized spacial score (nSPS) is 13.6. The number of nitrogens with one attached hydrogen (secondary N) is 6. The zero-order chi connectivity index (χ0) is 42.5. The maximum Gasteiger partial charge on any atom is 0.408 e. The molecular weight excluding hydrogens is 718 g/mol. The van der Waals surface area contributed by atoms with Crippen LogP contribution >= 0.6 is 0 Å². The number of guanidine groups is 1. The molecule has 11 N–H and O–H groups in total. The molecule has 0 rings (SSSR count). The van der Waals surface area contributed by atoms with Crippen LogP contribution in [0.5, 0.6) is 0 Å². The molecular formula is C40H79N9O7. The number of aliphatic hydroxyl groups excluding tert-OH is 1. The van der Waals surface area contributed by atoms with E-state index in [1.165, 1.54) is 0 Å². The van der Waals surface area contributed by atoms with Crippen molar-refractivity contribution in [2.24, 2.45) is 28.3 Å². The van der Waals surface area contributed by atoms with Crippen molar-refractivity contribution in [2.75, 3.05) is 32.7 Å². The second kappa shape index (κ2) is 30.5. The average Bonchev–Trinajstić information content (AvgIpc) is 3.08. The molecule has 0 bridgehead atoms. The standard InChI is InChI=1S/C40H79N9O7/c1-28(2)26-31(48-36(53)32(27-29(3)4)49-39(55)56-40(6,7)8)35(52)44-25-19-22-43-21-17-18-23-45-37(54)34(51)30(5)47-33(50)20-15-13-11-9-10-12-14-16-24-46-38(41)42/h28-32,34,43,51H,9-27H2,1-8H3,(H,44,52)(H,45,54)(H,47,50)(H,48,53)(H,49,55)(H4,41,42,46)/t30?,31-,32-,34-/m0/s1. The summed E-state index contributed by atoms with van der Waals surface area (Å²) in [6, 6.07) is -2.27. The number of aliphatic hydroxyl groups is 1. The van der Waals surface area contributed by atoms with E-state index in [0.717, 1.165) is 57.8 Å². The fourth-order valence-corrected chi connectivity index (χ4v) is 5.79. The Balaban J connectivity index is 4.25.